The van der Waals surface area contributed by atoms with Crippen molar-refractivity contribution < 1.29 is 34.1 Å². The minimum atomic E-state index is -1.14. The van der Waals surface area contributed by atoms with Crippen molar-refractivity contribution in [2.45, 2.75) is 116 Å². The molecule has 0 aromatic rings. The van der Waals surface area contributed by atoms with Gasteiger partial charge in [0.05, 0.1) is 6.42 Å². The molecule has 1 rings (SSSR count). The number of esters is 2. The summed E-state index contributed by atoms with van der Waals surface area (Å²) < 4.78 is 4.60. The molecular formula is C26H40O7. The molecule has 0 aromatic carbocycles. The van der Waals surface area contributed by atoms with E-state index >= 15 is 0 Å². The summed E-state index contributed by atoms with van der Waals surface area (Å²) in [4.78, 5) is 44.4. The fourth-order valence-corrected chi connectivity index (χ4v) is 4.03. The minimum absolute atomic E-state index is 0.0245. The third-order valence-electron chi connectivity index (χ3n) is 6.08. The van der Waals surface area contributed by atoms with Crippen molar-refractivity contribution in [3.05, 3.63) is 22.8 Å². The molecule has 0 unspecified atom stereocenters. The topological polar surface area (TPSA) is 118 Å². The highest BCUT2D eigenvalue weighted by atomic mass is 16.6. The molecule has 186 valence electrons. The van der Waals surface area contributed by atoms with Gasteiger partial charge in [0.15, 0.2) is 0 Å². The number of aliphatic carboxylic acids is 2. The lowest BCUT2D eigenvalue weighted by Gasteiger charge is -2.04. The Bertz CT molecular complexity index is 718. The Morgan fingerprint density at radius 1 is 0.727 bits per heavy atom. The number of carbonyl (C=O) groups excluding carboxylic acids is 2. The highest BCUT2D eigenvalue weighted by Gasteiger charge is 2.28. The maximum atomic E-state index is 11.5. The zero-order valence-corrected chi connectivity index (χ0v) is 20.0. The summed E-state index contributed by atoms with van der Waals surface area (Å²) >= 11 is 0. The predicted octanol–water partition coefficient (Wildman–Crippen LogP) is 6.11. The summed E-state index contributed by atoms with van der Waals surface area (Å²) in [6.45, 7) is 1.66. The monoisotopic (exact) mass is 464 g/mol. The van der Waals surface area contributed by atoms with Gasteiger partial charge in [-0.3, -0.25) is 4.79 Å². The van der Waals surface area contributed by atoms with Crippen LogP contribution in [0.5, 0.6) is 0 Å². The van der Waals surface area contributed by atoms with Gasteiger partial charge in [0, 0.05) is 16.7 Å². The van der Waals surface area contributed by atoms with Crippen LogP contribution in [-0.2, 0) is 23.9 Å². The Morgan fingerprint density at radius 3 is 1.58 bits per heavy atom. The van der Waals surface area contributed by atoms with Crippen molar-refractivity contribution in [2.24, 2.45) is 0 Å². The van der Waals surface area contributed by atoms with Crippen molar-refractivity contribution in [1.29, 1.82) is 0 Å². The summed E-state index contributed by atoms with van der Waals surface area (Å²) in [5.41, 5.74) is 1.00. The largest absolute Gasteiger partial charge is 0.481 e. The van der Waals surface area contributed by atoms with Crippen LogP contribution in [0.1, 0.15) is 116 Å². The van der Waals surface area contributed by atoms with Gasteiger partial charge in [-0.15, -0.1) is 0 Å². The fraction of sp³-hybridized carbons (Fsp3) is 0.692. The molecule has 2 N–H and O–H groups in total. The first-order chi connectivity index (χ1) is 15.8. The Morgan fingerprint density at radius 2 is 1.18 bits per heavy atom. The molecule has 0 aliphatic carbocycles. The number of unbranched alkanes of at least 4 members (excludes halogenated alkanes) is 14. The molecular weight excluding hydrogens is 424 g/mol. The van der Waals surface area contributed by atoms with Gasteiger partial charge in [-0.25, -0.2) is 14.4 Å². The highest BCUT2D eigenvalue weighted by molar-refractivity contribution is 6.11. The van der Waals surface area contributed by atoms with E-state index in [1.807, 2.05) is 0 Å². The average molecular weight is 465 g/mol. The average Bonchev–Trinajstić information content (AvgIpc) is 3.00. The molecule has 1 aliphatic rings. The molecule has 0 atom stereocenters. The number of ether oxygens (including phenoxy) is 1. The molecule has 0 amide bonds. The van der Waals surface area contributed by atoms with Crippen molar-refractivity contribution in [1.82, 2.24) is 0 Å². The first-order valence-corrected chi connectivity index (χ1v) is 12.4. The van der Waals surface area contributed by atoms with Gasteiger partial charge in [-0.05, 0) is 32.6 Å². The van der Waals surface area contributed by atoms with E-state index in [1.54, 1.807) is 13.0 Å². The van der Waals surface area contributed by atoms with Crippen molar-refractivity contribution in [3.8, 4) is 0 Å². The number of hydrogen-bond donors (Lipinski definition) is 2. The smallest absolute Gasteiger partial charge is 0.342 e. The van der Waals surface area contributed by atoms with Gasteiger partial charge in [0.1, 0.15) is 0 Å². The Balaban J connectivity index is 1.86. The third kappa shape index (κ3) is 13.0. The van der Waals surface area contributed by atoms with E-state index in [2.05, 4.69) is 4.74 Å². The molecule has 0 saturated heterocycles. The summed E-state index contributed by atoms with van der Waals surface area (Å²) in [5.74, 6) is -3.21. The molecule has 0 radical (unpaired) electrons. The van der Waals surface area contributed by atoms with Gasteiger partial charge in [0.25, 0.3) is 0 Å². The van der Waals surface area contributed by atoms with Crippen LogP contribution < -0.4 is 0 Å². The first-order valence-electron chi connectivity index (χ1n) is 12.4. The van der Waals surface area contributed by atoms with E-state index in [1.165, 1.54) is 51.4 Å². The van der Waals surface area contributed by atoms with Crippen LogP contribution in [0.4, 0.5) is 0 Å². The van der Waals surface area contributed by atoms with Gasteiger partial charge in [0.2, 0.25) is 0 Å². The van der Waals surface area contributed by atoms with Crippen LogP contribution in [0.3, 0.4) is 0 Å². The number of cyclic esters (lactones) is 2. The Labute approximate surface area is 197 Å². The fourth-order valence-electron chi connectivity index (χ4n) is 4.03. The van der Waals surface area contributed by atoms with Gasteiger partial charge in [-0.2, -0.15) is 0 Å². The molecule has 1 heterocycles. The van der Waals surface area contributed by atoms with Gasteiger partial charge < -0.3 is 14.9 Å². The molecule has 0 saturated carbocycles. The molecule has 33 heavy (non-hydrogen) atoms. The van der Waals surface area contributed by atoms with Crippen LogP contribution >= 0.6 is 0 Å². The molecule has 0 fully saturated rings. The van der Waals surface area contributed by atoms with E-state index in [9.17, 15) is 19.2 Å². The van der Waals surface area contributed by atoms with E-state index in [0.717, 1.165) is 38.5 Å². The quantitative estimate of drug-likeness (QED) is 0.0965. The molecule has 7 heteroatoms. The third-order valence-corrected chi connectivity index (χ3v) is 6.08. The molecule has 7 nitrogen and oxygen atoms in total. The zero-order valence-electron chi connectivity index (χ0n) is 20.0. The SMILES string of the molecule is CC1=C(CCCCCCCCCCCCCCCCC=C(CC(=O)O)C(=O)O)C(=O)OC1=O. The standard InChI is InChI=1S/C26H40O7/c1-20-22(26(32)33-25(20)31)18-16-14-12-10-8-6-4-2-3-5-7-9-11-13-15-17-21(24(29)30)19-23(27)28/h17H,2-16,18-19H2,1H3,(H,27,28)(H,29,30). The van der Waals surface area contributed by atoms with Crippen LogP contribution in [0, 0.1) is 0 Å². The lowest BCUT2D eigenvalue weighted by Crippen LogP contribution is -2.06. The van der Waals surface area contributed by atoms with Crippen molar-refractivity contribution in [2.75, 3.05) is 0 Å². The summed E-state index contributed by atoms with van der Waals surface area (Å²) in [5, 5.41) is 17.6. The minimum Gasteiger partial charge on any atom is -0.481 e. The number of carbonyl (C=O) groups is 4. The molecule has 0 spiro atoms. The maximum Gasteiger partial charge on any atom is 0.342 e. The number of rotatable bonds is 20. The summed E-state index contributed by atoms with van der Waals surface area (Å²) in [6.07, 6.45) is 18.6. The van der Waals surface area contributed by atoms with Crippen molar-refractivity contribution >= 4 is 23.9 Å². The van der Waals surface area contributed by atoms with Crippen LogP contribution in [0.15, 0.2) is 22.8 Å². The van der Waals surface area contributed by atoms with Crippen molar-refractivity contribution in [3.63, 3.8) is 0 Å². The summed E-state index contributed by atoms with van der Waals surface area (Å²) in [7, 11) is 0. The Kier molecular flexibility index (Phi) is 14.8. The number of carboxylic acids is 2. The zero-order chi connectivity index (χ0) is 24.5. The lowest BCUT2D eigenvalue weighted by molar-refractivity contribution is -0.151. The number of hydrogen-bond acceptors (Lipinski definition) is 5. The highest BCUT2D eigenvalue weighted by Crippen LogP contribution is 2.23. The molecule has 0 aromatic heterocycles. The second-order valence-corrected chi connectivity index (χ2v) is 8.87. The number of allylic oxidation sites excluding steroid dienone is 1. The Hall–Kier alpha value is -2.44. The normalized spacial score (nSPS) is 14.2. The van der Waals surface area contributed by atoms with Gasteiger partial charge in [-0.1, -0.05) is 83.1 Å². The van der Waals surface area contributed by atoms with E-state index in [0.29, 0.717) is 24.0 Å². The van der Waals surface area contributed by atoms with Crippen LogP contribution in [0.25, 0.3) is 0 Å². The van der Waals surface area contributed by atoms with E-state index in [-0.39, 0.29) is 5.57 Å². The van der Waals surface area contributed by atoms with E-state index in [4.69, 9.17) is 10.2 Å². The van der Waals surface area contributed by atoms with Crippen LogP contribution in [0.2, 0.25) is 0 Å². The number of carboxylic acid groups (broad SMARTS) is 2. The van der Waals surface area contributed by atoms with Crippen LogP contribution in [-0.4, -0.2) is 34.1 Å². The first kappa shape index (κ1) is 28.6. The summed E-state index contributed by atoms with van der Waals surface area (Å²) in [6, 6.07) is 0. The second-order valence-electron chi connectivity index (χ2n) is 8.87. The second kappa shape index (κ2) is 17.1. The molecule has 1 aliphatic heterocycles. The van der Waals surface area contributed by atoms with Gasteiger partial charge >= 0.3 is 23.9 Å². The maximum absolute atomic E-state index is 11.5. The lowest BCUT2D eigenvalue weighted by atomic mass is 10.0. The predicted molar refractivity (Wildman–Crippen MR) is 126 cm³/mol. The molecule has 0 bridgehead atoms. The van der Waals surface area contributed by atoms with E-state index < -0.39 is 30.3 Å².